The molecular weight excluding hydrogens is 366 g/mol. The number of benzene rings is 2. The standard InChI is InChI=1S/C23H29N3O3/c27-23(24-14-19-8-9-21-22(13-19)29-12-11-28-21)25-15-20-7-4-10-26(17-20)16-18-5-2-1-3-6-18/h1-3,5-6,8-9,13,20H,4,7,10-12,14-17H2,(H2,24,25,27). The number of carbonyl (C=O) groups is 1. The molecule has 154 valence electrons. The minimum atomic E-state index is -0.125. The van der Waals surface area contributed by atoms with E-state index in [-0.39, 0.29) is 6.03 Å². The molecule has 29 heavy (non-hydrogen) atoms. The van der Waals surface area contributed by atoms with E-state index in [0.717, 1.165) is 43.1 Å². The first-order chi connectivity index (χ1) is 14.3. The molecule has 2 aromatic carbocycles. The molecule has 2 N–H and O–H groups in total. The predicted molar refractivity (Wildman–Crippen MR) is 112 cm³/mol. The van der Waals surface area contributed by atoms with Crippen LogP contribution in [0.5, 0.6) is 11.5 Å². The zero-order chi connectivity index (χ0) is 19.9. The van der Waals surface area contributed by atoms with Crippen molar-refractivity contribution in [2.24, 2.45) is 5.92 Å². The van der Waals surface area contributed by atoms with Crippen LogP contribution in [0.4, 0.5) is 4.79 Å². The maximum atomic E-state index is 12.2. The Kier molecular flexibility index (Phi) is 6.52. The third-order valence-electron chi connectivity index (χ3n) is 5.46. The molecule has 0 radical (unpaired) electrons. The minimum absolute atomic E-state index is 0.125. The number of amides is 2. The number of nitrogens with one attached hydrogen (secondary N) is 2. The molecule has 0 saturated carbocycles. The molecule has 2 aromatic rings. The summed E-state index contributed by atoms with van der Waals surface area (Å²) in [6.07, 6.45) is 2.34. The molecule has 2 aliphatic heterocycles. The number of carbonyl (C=O) groups excluding carboxylic acids is 1. The van der Waals surface area contributed by atoms with Crippen molar-refractivity contribution in [3.8, 4) is 11.5 Å². The zero-order valence-electron chi connectivity index (χ0n) is 16.7. The fourth-order valence-electron chi connectivity index (χ4n) is 3.98. The van der Waals surface area contributed by atoms with Crippen LogP contribution in [0.3, 0.4) is 0 Å². The summed E-state index contributed by atoms with van der Waals surface area (Å²) in [5, 5.41) is 5.97. The van der Waals surface area contributed by atoms with Crippen LogP contribution in [0.1, 0.15) is 24.0 Å². The molecule has 0 aliphatic carbocycles. The molecular formula is C23H29N3O3. The molecule has 6 nitrogen and oxygen atoms in total. The Morgan fingerprint density at radius 2 is 1.83 bits per heavy atom. The van der Waals surface area contributed by atoms with E-state index in [9.17, 15) is 4.79 Å². The van der Waals surface area contributed by atoms with Crippen LogP contribution in [0, 0.1) is 5.92 Å². The summed E-state index contributed by atoms with van der Waals surface area (Å²) >= 11 is 0. The molecule has 4 rings (SSSR count). The number of fused-ring (bicyclic) bond motifs is 1. The average Bonchev–Trinajstić information content (AvgIpc) is 2.77. The lowest BCUT2D eigenvalue weighted by molar-refractivity contribution is 0.165. The lowest BCUT2D eigenvalue weighted by Gasteiger charge is -2.32. The summed E-state index contributed by atoms with van der Waals surface area (Å²) in [6.45, 7) is 5.45. The summed E-state index contributed by atoms with van der Waals surface area (Å²) in [6, 6.07) is 16.2. The Bertz CT molecular complexity index is 812. The zero-order valence-corrected chi connectivity index (χ0v) is 16.7. The maximum absolute atomic E-state index is 12.2. The highest BCUT2D eigenvalue weighted by atomic mass is 16.6. The van der Waals surface area contributed by atoms with Gasteiger partial charge in [-0.1, -0.05) is 36.4 Å². The molecule has 1 saturated heterocycles. The molecule has 2 aliphatic rings. The second-order valence-electron chi connectivity index (χ2n) is 7.77. The van der Waals surface area contributed by atoms with Crippen LogP contribution in [-0.4, -0.2) is 43.8 Å². The van der Waals surface area contributed by atoms with E-state index in [1.165, 1.54) is 12.0 Å². The second kappa shape index (κ2) is 9.65. The van der Waals surface area contributed by atoms with Crippen molar-refractivity contribution in [3.63, 3.8) is 0 Å². The fourth-order valence-corrected chi connectivity index (χ4v) is 3.98. The largest absolute Gasteiger partial charge is 0.486 e. The minimum Gasteiger partial charge on any atom is -0.486 e. The van der Waals surface area contributed by atoms with Crippen molar-refractivity contribution in [1.82, 2.24) is 15.5 Å². The molecule has 1 fully saturated rings. The quantitative estimate of drug-likeness (QED) is 0.789. The Balaban J connectivity index is 1.19. The molecule has 2 heterocycles. The highest BCUT2D eigenvalue weighted by Crippen LogP contribution is 2.30. The van der Waals surface area contributed by atoms with E-state index in [1.54, 1.807) is 0 Å². The van der Waals surface area contributed by atoms with Gasteiger partial charge in [0.1, 0.15) is 13.2 Å². The molecule has 0 bridgehead atoms. The van der Waals surface area contributed by atoms with Gasteiger partial charge < -0.3 is 20.1 Å². The highest BCUT2D eigenvalue weighted by molar-refractivity contribution is 5.73. The summed E-state index contributed by atoms with van der Waals surface area (Å²) in [7, 11) is 0. The Morgan fingerprint density at radius 3 is 2.69 bits per heavy atom. The van der Waals surface area contributed by atoms with Gasteiger partial charge in [0.2, 0.25) is 0 Å². The van der Waals surface area contributed by atoms with Gasteiger partial charge in [-0.2, -0.15) is 0 Å². The normalized spacial score (nSPS) is 18.8. The first-order valence-corrected chi connectivity index (χ1v) is 10.4. The first kappa shape index (κ1) is 19.6. The molecule has 1 atom stereocenters. The van der Waals surface area contributed by atoms with Gasteiger partial charge in [0.05, 0.1) is 0 Å². The monoisotopic (exact) mass is 395 g/mol. The van der Waals surface area contributed by atoms with E-state index in [0.29, 0.717) is 32.2 Å². The van der Waals surface area contributed by atoms with Gasteiger partial charge in [-0.05, 0) is 48.6 Å². The van der Waals surface area contributed by atoms with Crippen molar-refractivity contribution < 1.29 is 14.3 Å². The molecule has 2 amide bonds. The SMILES string of the molecule is O=C(NCc1ccc2c(c1)OCCO2)NCC1CCCN(Cc2ccccc2)C1. The molecule has 0 spiro atoms. The number of urea groups is 1. The summed E-state index contributed by atoms with van der Waals surface area (Å²) < 4.78 is 11.1. The number of likely N-dealkylation sites (tertiary alicyclic amines) is 1. The lowest BCUT2D eigenvalue weighted by atomic mass is 9.97. The van der Waals surface area contributed by atoms with Crippen LogP contribution < -0.4 is 20.1 Å². The Labute approximate surface area is 172 Å². The van der Waals surface area contributed by atoms with Crippen LogP contribution in [0.15, 0.2) is 48.5 Å². The smallest absolute Gasteiger partial charge is 0.315 e. The summed E-state index contributed by atoms with van der Waals surface area (Å²) in [5.41, 5.74) is 2.34. The van der Waals surface area contributed by atoms with Gasteiger partial charge in [0.15, 0.2) is 11.5 Å². The van der Waals surface area contributed by atoms with E-state index >= 15 is 0 Å². The van der Waals surface area contributed by atoms with Crippen LogP contribution in [0.25, 0.3) is 0 Å². The van der Waals surface area contributed by atoms with Crippen molar-refractivity contribution in [1.29, 1.82) is 0 Å². The van der Waals surface area contributed by atoms with Crippen molar-refractivity contribution in [3.05, 3.63) is 59.7 Å². The molecule has 0 aromatic heterocycles. The fraction of sp³-hybridized carbons (Fsp3) is 0.435. The average molecular weight is 396 g/mol. The Hall–Kier alpha value is -2.73. The molecule has 1 unspecified atom stereocenters. The van der Waals surface area contributed by atoms with Gasteiger partial charge in [-0.25, -0.2) is 4.79 Å². The number of hydrogen-bond donors (Lipinski definition) is 2. The van der Waals surface area contributed by atoms with Crippen molar-refractivity contribution >= 4 is 6.03 Å². The van der Waals surface area contributed by atoms with Crippen LogP contribution in [0.2, 0.25) is 0 Å². The second-order valence-corrected chi connectivity index (χ2v) is 7.77. The van der Waals surface area contributed by atoms with Gasteiger partial charge in [-0.15, -0.1) is 0 Å². The topological polar surface area (TPSA) is 62.8 Å². The van der Waals surface area contributed by atoms with E-state index in [4.69, 9.17) is 9.47 Å². The van der Waals surface area contributed by atoms with E-state index in [1.807, 2.05) is 18.2 Å². The van der Waals surface area contributed by atoms with Crippen molar-refractivity contribution in [2.45, 2.75) is 25.9 Å². The summed E-state index contributed by atoms with van der Waals surface area (Å²) in [5.74, 6) is 2.01. The van der Waals surface area contributed by atoms with Gasteiger partial charge in [-0.3, -0.25) is 4.90 Å². The number of ether oxygens (including phenoxy) is 2. The Morgan fingerprint density at radius 1 is 1.00 bits per heavy atom. The van der Waals surface area contributed by atoms with Gasteiger partial charge in [0.25, 0.3) is 0 Å². The lowest BCUT2D eigenvalue weighted by Crippen LogP contribution is -2.43. The maximum Gasteiger partial charge on any atom is 0.315 e. The molecule has 6 heteroatoms. The number of nitrogens with zero attached hydrogens (tertiary/aromatic N) is 1. The number of hydrogen-bond acceptors (Lipinski definition) is 4. The third kappa shape index (κ3) is 5.64. The number of rotatable bonds is 6. The van der Waals surface area contributed by atoms with Crippen LogP contribution in [-0.2, 0) is 13.1 Å². The van der Waals surface area contributed by atoms with Crippen LogP contribution >= 0.6 is 0 Å². The van der Waals surface area contributed by atoms with E-state index < -0.39 is 0 Å². The highest BCUT2D eigenvalue weighted by Gasteiger charge is 2.20. The van der Waals surface area contributed by atoms with Crippen molar-refractivity contribution in [2.75, 3.05) is 32.8 Å². The summed E-state index contributed by atoms with van der Waals surface area (Å²) in [4.78, 5) is 14.7. The predicted octanol–water partition coefficient (Wildman–Crippen LogP) is 3.17. The third-order valence-corrected chi connectivity index (χ3v) is 5.46. The van der Waals surface area contributed by atoms with Gasteiger partial charge in [0, 0.05) is 26.2 Å². The first-order valence-electron chi connectivity index (χ1n) is 10.4. The number of piperidine rings is 1. The van der Waals surface area contributed by atoms with E-state index in [2.05, 4.69) is 45.9 Å². The van der Waals surface area contributed by atoms with Gasteiger partial charge >= 0.3 is 6.03 Å².